The number of Topliss-reactive ketones (excluding diaryl/α,β-unsaturated/α-hetero) is 1. The number of aromatic nitrogens is 4. The average molecular weight is 1060 g/mol. The van der Waals surface area contributed by atoms with E-state index in [1.807, 2.05) is 44.8 Å². The van der Waals surface area contributed by atoms with Gasteiger partial charge >= 0.3 is 11.9 Å². The third-order valence-electron chi connectivity index (χ3n) is 16.1. The molecule has 0 amide bonds. The standard InChI is InChI=1S/C54H84N6O15/c1-15-39-54(10,68)44(62)33(6)59(13)26-29(2)24-52(8,67)46(31(4)42(32(5)49(65)72-39)73-40-25-53(9,69-14)45(63)34(7)71-40)75-51-43(38(58(11)12)22-30(3)70-51)74-50(66)36-18-16-35(17-19-36)23-37(61)20-21-60-28-57-41-47(60)55-27-56-48(41)64/h16-19,27-34,38-40,42-46,51,62-63,67-68H,15,20-26H2,1-14H3,(H,55,56,64)/t29-,30-,31+,32-,33-,34+,38?,39-,40+,42+,43-,44-,45+,46-,51+,52-,53-,54-/m1/s1. The Hall–Kier alpha value is -4.26. The van der Waals surface area contributed by atoms with Crippen LogP contribution in [-0.4, -0.2) is 193 Å². The van der Waals surface area contributed by atoms with Gasteiger partial charge in [0.15, 0.2) is 29.8 Å². The summed E-state index contributed by atoms with van der Waals surface area (Å²) >= 11 is 0. The number of esters is 2. The van der Waals surface area contributed by atoms with Crippen molar-refractivity contribution in [1.29, 1.82) is 0 Å². The molecular weight excluding hydrogens is 973 g/mol. The zero-order valence-corrected chi connectivity index (χ0v) is 46.3. The molecule has 3 saturated heterocycles. The lowest BCUT2D eigenvalue weighted by Gasteiger charge is -2.49. The smallest absolute Gasteiger partial charge is 0.338 e. The fourth-order valence-corrected chi connectivity index (χ4v) is 11.4. The van der Waals surface area contributed by atoms with Crippen LogP contribution < -0.4 is 5.56 Å². The number of benzene rings is 1. The largest absolute Gasteiger partial charge is 0.459 e. The summed E-state index contributed by atoms with van der Waals surface area (Å²) in [5.41, 5.74) is -3.56. The number of methoxy groups -OCH3 is 1. The van der Waals surface area contributed by atoms with E-state index in [1.165, 1.54) is 26.7 Å². The van der Waals surface area contributed by atoms with Crippen LogP contribution >= 0.6 is 0 Å². The van der Waals surface area contributed by atoms with Gasteiger partial charge in [-0.1, -0.05) is 32.9 Å². The molecule has 0 bridgehead atoms. The molecule has 1 unspecified atom stereocenters. The van der Waals surface area contributed by atoms with E-state index in [1.54, 1.807) is 77.3 Å². The van der Waals surface area contributed by atoms with Crippen molar-refractivity contribution in [2.24, 2.45) is 17.8 Å². The monoisotopic (exact) mass is 1060 g/mol. The maximum atomic E-state index is 14.6. The third-order valence-corrected chi connectivity index (χ3v) is 16.1. The van der Waals surface area contributed by atoms with Crippen LogP contribution in [0.5, 0.6) is 0 Å². The molecule has 0 saturated carbocycles. The Bertz CT molecular complexity index is 2450. The minimum Gasteiger partial charge on any atom is -0.459 e. The first-order valence-corrected chi connectivity index (χ1v) is 26.4. The van der Waals surface area contributed by atoms with E-state index in [4.69, 9.17) is 33.2 Å². The third kappa shape index (κ3) is 13.7. The molecule has 0 spiro atoms. The van der Waals surface area contributed by atoms with Gasteiger partial charge in [-0.2, -0.15) is 0 Å². The average Bonchev–Trinajstić information content (AvgIpc) is 3.78. The Kier molecular flexibility index (Phi) is 19.7. The zero-order valence-electron chi connectivity index (χ0n) is 46.3. The number of nitrogens with zero attached hydrogens (tertiary/aromatic N) is 5. The first-order valence-electron chi connectivity index (χ1n) is 26.4. The molecule has 0 aliphatic carbocycles. The molecule has 5 N–H and O–H groups in total. The second-order valence-corrected chi connectivity index (χ2v) is 22.5. The molecule has 3 aromatic rings. The molecule has 21 heteroatoms. The second-order valence-electron chi connectivity index (χ2n) is 22.5. The number of fused-ring (bicyclic) bond motifs is 1. The molecule has 1 aromatic carbocycles. The quantitative estimate of drug-likeness (QED) is 0.145. The Labute approximate surface area is 440 Å². The highest BCUT2D eigenvalue weighted by molar-refractivity contribution is 5.90. The maximum absolute atomic E-state index is 14.6. The van der Waals surface area contributed by atoms with Gasteiger partial charge in [-0.15, -0.1) is 0 Å². The van der Waals surface area contributed by atoms with Crippen LogP contribution in [0.2, 0.25) is 0 Å². The number of aromatic amines is 1. The van der Waals surface area contributed by atoms with Crippen LogP contribution in [-0.2, 0) is 55.7 Å². The summed E-state index contributed by atoms with van der Waals surface area (Å²) in [4.78, 5) is 68.7. The molecule has 3 aliphatic heterocycles. The number of carbonyl (C=O) groups is 3. The van der Waals surface area contributed by atoms with Gasteiger partial charge in [0, 0.05) is 51.4 Å². The van der Waals surface area contributed by atoms with Crippen molar-refractivity contribution in [3.63, 3.8) is 0 Å². The van der Waals surface area contributed by atoms with E-state index in [2.05, 4.69) is 15.0 Å². The summed E-state index contributed by atoms with van der Waals surface area (Å²) < 4.78 is 46.8. The van der Waals surface area contributed by atoms with Crippen molar-refractivity contribution < 1.29 is 68.0 Å². The Balaban J connectivity index is 1.32. The molecular formula is C54H84N6O15. The number of nitrogens with one attached hydrogen (secondary N) is 1. The number of hydrogen-bond acceptors (Lipinski definition) is 19. The van der Waals surface area contributed by atoms with Crippen molar-refractivity contribution in [2.75, 3.05) is 34.8 Å². The van der Waals surface area contributed by atoms with E-state index in [9.17, 15) is 39.6 Å². The zero-order chi connectivity index (χ0) is 55.5. The number of aliphatic hydroxyl groups is 4. The van der Waals surface area contributed by atoms with E-state index >= 15 is 0 Å². The minimum atomic E-state index is -1.87. The minimum absolute atomic E-state index is 0.0662. The topological polar surface area (TPSA) is 267 Å². The highest BCUT2D eigenvalue weighted by Gasteiger charge is 2.53. The van der Waals surface area contributed by atoms with Gasteiger partial charge in [0.2, 0.25) is 0 Å². The molecule has 3 aliphatic rings. The number of H-pyrrole nitrogens is 1. The highest BCUT2D eigenvalue weighted by Crippen LogP contribution is 2.41. The van der Waals surface area contributed by atoms with Crippen LogP contribution in [0.25, 0.3) is 11.2 Å². The Morgan fingerprint density at radius 3 is 2.25 bits per heavy atom. The SMILES string of the molecule is CC[C@H]1OC(=O)[C@H](C)[C@@H](O[C@H]2C[C@@](C)(OC)[C@@H](O)[C@H](C)O2)[C@H](C)[C@@H](O[C@@H]2O[C@H](C)CC(N(C)C)[C@H]2OC(=O)c2ccc(CC(=O)CCn3cnc4c(=O)[nH]cnc43)cc2)[C@](C)(O)C[C@@H](C)CN(C)[C@H](C)[C@@H](O)[C@]1(C)O. The lowest BCUT2D eigenvalue weighted by Crippen LogP contribution is -2.61. The van der Waals surface area contributed by atoms with Gasteiger partial charge in [0.05, 0.1) is 65.8 Å². The summed E-state index contributed by atoms with van der Waals surface area (Å²) in [5, 5.41) is 47.8. The van der Waals surface area contributed by atoms with Crippen LogP contribution in [0.1, 0.15) is 117 Å². The van der Waals surface area contributed by atoms with Crippen molar-refractivity contribution >= 4 is 28.9 Å². The first kappa shape index (κ1) is 60.0. The number of likely N-dealkylation sites (N-methyl/N-ethyl adjacent to an activating group) is 2. The van der Waals surface area contributed by atoms with Crippen LogP contribution in [0.15, 0.2) is 41.7 Å². The van der Waals surface area contributed by atoms with Gasteiger partial charge in [-0.3, -0.25) is 14.4 Å². The number of ketones is 1. The normalized spacial score (nSPS) is 37.9. The summed E-state index contributed by atoms with van der Waals surface area (Å²) in [6, 6.07) is 5.53. The predicted octanol–water partition coefficient (Wildman–Crippen LogP) is 3.40. The number of ether oxygens (including phenoxy) is 7. The van der Waals surface area contributed by atoms with E-state index in [-0.39, 0.29) is 67.0 Å². The number of aliphatic hydroxyl groups excluding tert-OH is 2. The molecule has 6 rings (SSSR count). The maximum Gasteiger partial charge on any atom is 0.338 e. The number of hydrogen-bond donors (Lipinski definition) is 5. The number of aryl methyl sites for hydroxylation is 1. The predicted molar refractivity (Wildman–Crippen MR) is 275 cm³/mol. The summed E-state index contributed by atoms with van der Waals surface area (Å²) in [6.45, 7) is 18.0. The van der Waals surface area contributed by atoms with Crippen LogP contribution in [0, 0.1) is 17.8 Å². The first-order chi connectivity index (χ1) is 35.1. The fraction of sp³-hybridized carbons (Fsp3) is 0.741. The fourth-order valence-electron chi connectivity index (χ4n) is 11.4. The number of carbonyl (C=O) groups excluding carboxylic acids is 3. The molecule has 2 aromatic heterocycles. The lowest BCUT2D eigenvalue weighted by molar-refractivity contribution is -0.317. The van der Waals surface area contributed by atoms with Gasteiger partial charge in [-0.25, -0.2) is 14.8 Å². The van der Waals surface area contributed by atoms with Gasteiger partial charge in [0.25, 0.3) is 5.56 Å². The molecule has 75 heavy (non-hydrogen) atoms. The van der Waals surface area contributed by atoms with Crippen molar-refractivity contribution in [2.45, 2.75) is 205 Å². The summed E-state index contributed by atoms with van der Waals surface area (Å²) in [7, 11) is 7.04. The van der Waals surface area contributed by atoms with Crippen LogP contribution in [0.3, 0.4) is 0 Å². The highest BCUT2D eigenvalue weighted by atomic mass is 16.7. The summed E-state index contributed by atoms with van der Waals surface area (Å²) in [6.07, 6.45) is -6.47. The van der Waals surface area contributed by atoms with Gasteiger partial charge in [0.1, 0.15) is 29.7 Å². The van der Waals surface area contributed by atoms with E-state index in [0.29, 0.717) is 24.2 Å². The molecule has 3 fully saturated rings. The molecule has 5 heterocycles. The second kappa shape index (κ2) is 24.6. The number of imidazole rings is 1. The molecule has 0 radical (unpaired) electrons. The van der Waals surface area contributed by atoms with Crippen molar-refractivity contribution in [3.8, 4) is 0 Å². The molecule has 18 atom stereocenters. The van der Waals surface area contributed by atoms with Crippen molar-refractivity contribution in [3.05, 3.63) is 58.4 Å². The van der Waals surface area contributed by atoms with Crippen molar-refractivity contribution in [1.82, 2.24) is 29.3 Å². The lowest BCUT2D eigenvalue weighted by atomic mass is 9.77. The van der Waals surface area contributed by atoms with Gasteiger partial charge < -0.3 is 72.9 Å². The number of rotatable bonds is 14. The summed E-state index contributed by atoms with van der Waals surface area (Å²) in [5.74, 6) is -3.73. The van der Waals surface area contributed by atoms with Gasteiger partial charge in [-0.05, 0) is 112 Å². The Morgan fingerprint density at radius 1 is 0.933 bits per heavy atom. The van der Waals surface area contributed by atoms with E-state index < -0.39 is 114 Å². The Morgan fingerprint density at radius 2 is 1.61 bits per heavy atom. The van der Waals surface area contributed by atoms with E-state index in [0.717, 1.165) is 0 Å². The molecule has 21 nitrogen and oxygen atoms in total. The molecule has 420 valence electrons. The van der Waals surface area contributed by atoms with Crippen LogP contribution in [0.4, 0.5) is 0 Å². The number of cyclic esters (lactones) is 1.